The maximum atomic E-state index is 12.4. The summed E-state index contributed by atoms with van der Waals surface area (Å²) in [5, 5.41) is 2.87. The zero-order valence-electron chi connectivity index (χ0n) is 14.5. The van der Waals surface area contributed by atoms with Crippen LogP contribution < -0.4 is 5.32 Å². The molecule has 3 rings (SSSR count). The molecule has 1 saturated carbocycles. The number of imide groups is 1. The van der Waals surface area contributed by atoms with E-state index in [0.717, 1.165) is 53.0 Å². The van der Waals surface area contributed by atoms with Crippen molar-refractivity contribution in [2.24, 2.45) is 11.8 Å². The molecule has 0 bridgehead atoms. The van der Waals surface area contributed by atoms with Crippen molar-refractivity contribution in [3.05, 3.63) is 28.8 Å². The van der Waals surface area contributed by atoms with Gasteiger partial charge in [-0.15, -0.1) is 0 Å². The molecular weight excluding hydrogens is 304 g/mol. The monoisotopic (exact) mass is 328 g/mol. The third-order valence-corrected chi connectivity index (χ3v) is 5.18. The van der Waals surface area contributed by atoms with E-state index in [1.54, 1.807) is 0 Å². The van der Waals surface area contributed by atoms with Gasteiger partial charge in [0.15, 0.2) is 0 Å². The fourth-order valence-corrected chi connectivity index (χ4v) is 4.09. The quantitative estimate of drug-likeness (QED) is 0.868. The van der Waals surface area contributed by atoms with Crippen LogP contribution in [0.25, 0.3) is 0 Å². The second kappa shape index (κ2) is 6.38. The third-order valence-electron chi connectivity index (χ3n) is 5.18. The third kappa shape index (κ3) is 2.95. The highest BCUT2D eigenvalue weighted by atomic mass is 16.2. The minimum absolute atomic E-state index is 0.169. The predicted molar refractivity (Wildman–Crippen MR) is 91.5 cm³/mol. The largest absolute Gasteiger partial charge is 0.324 e. The van der Waals surface area contributed by atoms with Gasteiger partial charge in [-0.25, -0.2) is 0 Å². The van der Waals surface area contributed by atoms with Crippen molar-refractivity contribution in [2.45, 2.75) is 46.5 Å². The topological polar surface area (TPSA) is 66.5 Å². The maximum absolute atomic E-state index is 12.4. The Morgan fingerprint density at radius 3 is 2.04 bits per heavy atom. The summed E-state index contributed by atoms with van der Waals surface area (Å²) >= 11 is 0. The molecule has 1 aliphatic carbocycles. The Labute approximate surface area is 142 Å². The molecule has 1 N–H and O–H groups in total. The Bertz CT molecular complexity index is 664. The van der Waals surface area contributed by atoms with Gasteiger partial charge in [-0.1, -0.05) is 30.5 Å². The molecule has 24 heavy (non-hydrogen) atoms. The number of fused-ring (bicyclic) bond motifs is 1. The first-order chi connectivity index (χ1) is 11.4. The molecule has 128 valence electrons. The van der Waals surface area contributed by atoms with Gasteiger partial charge in [0.2, 0.25) is 17.7 Å². The Morgan fingerprint density at radius 2 is 1.54 bits per heavy atom. The molecule has 2 atom stereocenters. The first kappa shape index (κ1) is 16.7. The second-order valence-corrected chi connectivity index (χ2v) is 7.08. The Kier molecular flexibility index (Phi) is 4.43. The van der Waals surface area contributed by atoms with Crippen LogP contribution in [0.4, 0.5) is 5.69 Å². The summed E-state index contributed by atoms with van der Waals surface area (Å²) in [5.41, 5.74) is 3.86. The van der Waals surface area contributed by atoms with Gasteiger partial charge in [-0.3, -0.25) is 19.3 Å². The van der Waals surface area contributed by atoms with E-state index >= 15 is 0 Å². The Morgan fingerprint density at radius 1 is 1.04 bits per heavy atom. The van der Waals surface area contributed by atoms with Crippen molar-refractivity contribution in [1.82, 2.24) is 4.90 Å². The van der Waals surface area contributed by atoms with Crippen molar-refractivity contribution in [2.75, 3.05) is 11.9 Å². The van der Waals surface area contributed by atoms with Gasteiger partial charge in [0.05, 0.1) is 11.8 Å². The first-order valence-electron chi connectivity index (χ1n) is 8.61. The minimum Gasteiger partial charge on any atom is -0.324 e. The van der Waals surface area contributed by atoms with Gasteiger partial charge in [0.1, 0.15) is 6.54 Å². The van der Waals surface area contributed by atoms with E-state index in [4.69, 9.17) is 0 Å². The number of carbonyl (C=O) groups excluding carboxylic acids is 3. The van der Waals surface area contributed by atoms with Crippen LogP contribution in [0.1, 0.15) is 42.4 Å². The van der Waals surface area contributed by atoms with Gasteiger partial charge in [0, 0.05) is 5.69 Å². The molecule has 3 amide bonds. The molecule has 2 aliphatic rings. The highest BCUT2D eigenvalue weighted by Gasteiger charge is 2.48. The number of likely N-dealkylation sites (tertiary alicyclic amines) is 1. The van der Waals surface area contributed by atoms with Crippen LogP contribution in [0.2, 0.25) is 0 Å². The van der Waals surface area contributed by atoms with Crippen LogP contribution in [0.15, 0.2) is 12.1 Å². The lowest BCUT2D eigenvalue weighted by Gasteiger charge is -2.19. The molecule has 0 radical (unpaired) electrons. The summed E-state index contributed by atoms with van der Waals surface area (Å²) in [6.45, 7) is 5.71. The van der Waals surface area contributed by atoms with Gasteiger partial charge in [-0.2, -0.15) is 0 Å². The summed E-state index contributed by atoms with van der Waals surface area (Å²) in [6.07, 6.45) is 3.51. The predicted octanol–water partition coefficient (Wildman–Crippen LogP) is 2.73. The maximum Gasteiger partial charge on any atom is 0.244 e. The van der Waals surface area contributed by atoms with Crippen molar-refractivity contribution in [3.8, 4) is 0 Å². The summed E-state index contributed by atoms with van der Waals surface area (Å²) < 4.78 is 0. The van der Waals surface area contributed by atoms with Crippen LogP contribution in [0.3, 0.4) is 0 Å². The number of benzene rings is 1. The van der Waals surface area contributed by atoms with E-state index in [9.17, 15) is 14.4 Å². The normalized spacial score (nSPS) is 23.4. The highest BCUT2D eigenvalue weighted by Crippen LogP contribution is 2.37. The zero-order valence-corrected chi connectivity index (χ0v) is 14.5. The van der Waals surface area contributed by atoms with E-state index in [1.165, 1.54) is 0 Å². The number of hydrogen-bond donors (Lipinski definition) is 1. The van der Waals surface area contributed by atoms with Crippen molar-refractivity contribution < 1.29 is 14.4 Å². The van der Waals surface area contributed by atoms with Crippen molar-refractivity contribution in [3.63, 3.8) is 0 Å². The summed E-state index contributed by atoms with van der Waals surface area (Å²) in [4.78, 5) is 38.4. The number of amides is 3. The molecule has 1 saturated heterocycles. The molecule has 2 fully saturated rings. The number of aryl methyl sites for hydroxylation is 3. The van der Waals surface area contributed by atoms with Gasteiger partial charge in [0.25, 0.3) is 0 Å². The van der Waals surface area contributed by atoms with E-state index in [2.05, 4.69) is 5.32 Å². The smallest absolute Gasteiger partial charge is 0.244 e. The van der Waals surface area contributed by atoms with Gasteiger partial charge >= 0.3 is 0 Å². The SMILES string of the molecule is Cc1cc(C)c(NC(=O)CN2C(=O)[C@@H]3CCCC[C@H]3C2=O)c(C)c1. The molecule has 1 aromatic carbocycles. The fourth-order valence-electron chi connectivity index (χ4n) is 4.09. The number of anilines is 1. The number of hydrogen-bond acceptors (Lipinski definition) is 3. The molecule has 5 nitrogen and oxygen atoms in total. The van der Waals surface area contributed by atoms with Gasteiger partial charge < -0.3 is 5.32 Å². The molecule has 1 aromatic rings. The lowest BCUT2D eigenvalue weighted by molar-refractivity contribution is -0.142. The number of nitrogens with one attached hydrogen (secondary N) is 1. The van der Waals surface area contributed by atoms with Crippen molar-refractivity contribution >= 4 is 23.4 Å². The van der Waals surface area contributed by atoms with E-state index in [-0.39, 0.29) is 36.1 Å². The minimum atomic E-state index is -0.314. The lowest BCUT2D eigenvalue weighted by atomic mass is 9.81. The van der Waals surface area contributed by atoms with Gasteiger partial charge in [-0.05, 0) is 44.7 Å². The standard InChI is InChI=1S/C19H24N2O3/c1-11-8-12(2)17(13(3)9-11)20-16(22)10-21-18(23)14-6-4-5-7-15(14)19(21)24/h8-9,14-15H,4-7,10H2,1-3H3,(H,20,22)/t14-,15-/m1/s1. The average Bonchev–Trinajstić information content (AvgIpc) is 2.76. The summed E-state index contributed by atoms with van der Waals surface area (Å²) in [6, 6.07) is 4.01. The molecule has 0 spiro atoms. The molecule has 1 heterocycles. The van der Waals surface area contributed by atoms with Crippen LogP contribution in [-0.2, 0) is 14.4 Å². The Balaban J connectivity index is 1.71. The van der Waals surface area contributed by atoms with Crippen molar-refractivity contribution in [1.29, 1.82) is 0 Å². The van der Waals surface area contributed by atoms with Crippen LogP contribution in [-0.4, -0.2) is 29.2 Å². The Hall–Kier alpha value is -2.17. The highest BCUT2D eigenvalue weighted by molar-refractivity contribution is 6.08. The van der Waals surface area contributed by atoms with E-state index < -0.39 is 0 Å². The summed E-state index contributed by atoms with van der Waals surface area (Å²) in [7, 11) is 0. The zero-order chi connectivity index (χ0) is 17.4. The number of nitrogens with zero attached hydrogens (tertiary/aromatic N) is 1. The first-order valence-corrected chi connectivity index (χ1v) is 8.61. The molecule has 5 heteroatoms. The lowest BCUT2D eigenvalue weighted by Crippen LogP contribution is -2.38. The number of rotatable bonds is 3. The van der Waals surface area contributed by atoms with E-state index in [1.807, 2.05) is 32.9 Å². The molecule has 0 unspecified atom stereocenters. The molecular formula is C19H24N2O3. The number of carbonyl (C=O) groups is 3. The van der Waals surface area contributed by atoms with Crippen LogP contribution in [0.5, 0.6) is 0 Å². The van der Waals surface area contributed by atoms with E-state index in [0.29, 0.717) is 0 Å². The molecule has 0 aromatic heterocycles. The second-order valence-electron chi connectivity index (χ2n) is 7.08. The van der Waals surface area contributed by atoms with Crippen LogP contribution in [0, 0.1) is 32.6 Å². The average molecular weight is 328 g/mol. The fraction of sp³-hybridized carbons (Fsp3) is 0.526. The molecule has 1 aliphatic heterocycles. The van der Waals surface area contributed by atoms with Crippen LogP contribution >= 0.6 is 0 Å². The summed E-state index contributed by atoms with van der Waals surface area (Å²) in [5.74, 6) is -1.07.